The first kappa shape index (κ1) is 16.9. The largest absolute Gasteiger partial charge is 0.385 e. The number of unbranched alkanes of at least 4 members (excludes halogenated alkanes) is 1. The Morgan fingerprint density at radius 1 is 1.32 bits per heavy atom. The highest BCUT2D eigenvalue weighted by Gasteiger charge is 2.29. The van der Waals surface area contributed by atoms with Crippen molar-refractivity contribution in [3.63, 3.8) is 0 Å². The van der Waals surface area contributed by atoms with Crippen LogP contribution in [0.5, 0.6) is 0 Å². The van der Waals surface area contributed by atoms with Crippen molar-refractivity contribution in [2.45, 2.75) is 65.0 Å². The van der Waals surface area contributed by atoms with Crippen LogP contribution in [0.1, 0.15) is 52.9 Å². The van der Waals surface area contributed by atoms with E-state index < -0.39 is 0 Å². The van der Waals surface area contributed by atoms with Gasteiger partial charge in [-0.25, -0.2) is 0 Å². The number of hydrogen-bond donors (Lipinski definition) is 1. The van der Waals surface area contributed by atoms with E-state index in [1.54, 1.807) is 7.11 Å². The zero-order valence-electron chi connectivity index (χ0n) is 13.5. The van der Waals surface area contributed by atoms with Crippen LogP contribution in [0.25, 0.3) is 0 Å². The summed E-state index contributed by atoms with van der Waals surface area (Å²) in [5, 5.41) is 3.75. The zero-order valence-corrected chi connectivity index (χ0v) is 13.5. The van der Waals surface area contributed by atoms with Gasteiger partial charge >= 0.3 is 0 Å². The molecule has 3 nitrogen and oxygen atoms in total. The molecule has 0 saturated carbocycles. The lowest BCUT2D eigenvalue weighted by Crippen LogP contribution is -2.58. The van der Waals surface area contributed by atoms with Crippen LogP contribution < -0.4 is 5.32 Å². The van der Waals surface area contributed by atoms with Crippen LogP contribution in [-0.4, -0.2) is 50.3 Å². The van der Waals surface area contributed by atoms with Crippen molar-refractivity contribution in [3.8, 4) is 0 Å². The molecule has 0 bridgehead atoms. The second-order valence-corrected chi connectivity index (χ2v) is 6.04. The molecule has 3 atom stereocenters. The van der Waals surface area contributed by atoms with Crippen LogP contribution in [-0.2, 0) is 4.74 Å². The van der Waals surface area contributed by atoms with Gasteiger partial charge in [0.05, 0.1) is 0 Å². The summed E-state index contributed by atoms with van der Waals surface area (Å²) >= 11 is 0. The molecule has 1 N–H and O–H groups in total. The predicted molar refractivity (Wildman–Crippen MR) is 82.6 cm³/mol. The third kappa shape index (κ3) is 5.80. The molecule has 114 valence electrons. The van der Waals surface area contributed by atoms with Crippen LogP contribution in [0.15, 0.2) is 0 Å². The summed E-state index contributed by atoms with van der Waals surface area (Å²) in [6, 6.07) is 1.42. The first-order valence-electron chi connectivity index (χ1n) is 8.19. The van der Waals surface area contributed by atoms with Gasteiger partial charge in [0.15, 0.2) is 0 Å². The molecule has 19 heavy (non-hydrogen) atoms. The third-order valence-electron chi connectivity index (χ3n) is 4.52. The first-order chi connectivity index (χ1) is 9.22. The van der Waals surface area contributed by atoms with Gasteiger partial charge in [-0.15, -0.1) is 0 Å². The summed E-state index contributed by atoms with van der Waals surface area (Å²) in [6.07, 6.45) is 6.32. The molecule has 0 amide bonds. The number of rotatable bonds is 9. The summed E-state index contributed by atoms with van der Waals surface area (Å²) in [5.41, 5.74) is 0. The first-order valence-corrected chi connectivity index (χ1v) is 8.19. The number of nitrogens with zero attached hydrogens (tertiary/aromatic N) is 1. The Morgan fingerprint density at radius 2 is 2.11 bits per heavy atom. The van der Waals surface area contributed by atoms with Crippen LogP contribution in [0, 0.1) is 5.92 Å². The molecule has 0 aromatic rings. The van der Waals surface area contributed by atoms with E-state index in [9.17, 15) is 0 Å². The van der Waals surface area contributed by atoms with Crippen LogP contribution in [0.3, 0.4) is 0 Å². The van der Waals surface area contributed by atoms with Gasteiger partial charge in [-0.05, 0) is 31.7 Å². The van der Waals surface area contributed by atoms with E-state index in [0.717, 1.165) is 18.6 Å². The van der Waals surface area contributed by atoms with Crippen molar-refractivity contribution in [3.05, 3.63) is 0 Å². The van der Waals surface area contributed by atoms with E-state index in [0.29, 0.717) is 6.04 Å². The van der Waals surface area contributed by atoms with Crippen molar-refractivity contribution in [1.29, 1.82) is 0 Å². The molecular formula is C16H34N2O. The van der Waals surface area contributed by atoms with Crippen molar-refractivity contribution < 1.29 is 4.74 Å². The number of piperazine rings is 1. The maximum atomic E-state index is 5.16. The van der Waals surface area contributed by atoms with E-state index in [-0.39, 0.29) is 0 Å². The Bertz CT molecular complexity index is 223. The highest BCUT2D eigenvalue weighted by Crippen LogP contribution is 2.20. The van der Waals surface area contributed by atoms with E-state index in [1.165, 1.54) is 51.7 Å². The van der Waals surface area contributed by atoms with Crippen LogP contribution in [0.4, 0.5) is 0 Å². The SMILES string of the molecule is CCCC1CN(CCCCOC)C(C(C)CC)CN1. The molecule has 1 aliphatic heterocycles. The number of nitrogens with one attached hydrogen (secondary N) is 1. The molecule has 1 aliphatic rings. The van der Waals surface area contributed by atoms with Crippen molar-refractivity contribution in [2.24, 2.45) is 5.92 Å². The van der Waals surface area contributed by atoms with E-state index in [1.807, 2.05) is 0 Å². The molecule has 1 fully saturated rings. The molecule has 0 aromatic heterocycles. The van der Waals surface area contributed by atoms with Gasteiger partial charge in [-0.3, -0.25) is 4.90 Å². The van der Waals surface area contributed by atoms with Crippen LogP contribution >= 0.6 is 0 Å². The molecule has 1 heterocycles. The lowest BCUT2D eigenvalue weighted by Gasteiger charge is -2.43. The molecular weight excluding hydrogens is 236 g/mol. The van der Waals surface area contributed by atoms with Gasteiger partial charge in [-0.2, -0.15) is 0 Å². The van der Waals surface area contributed by atoms with Crippen molar-refractivity contribution in [1.82, 2.24) is 10.2 Å². The summed E-state index contributed by atoms with van der Waals surface area (Å²) in [7, 11) is 1.80. The Morgan fingerprint density at radius 3 is 2.74 bits per heavy atom. The number of methoxy groups -OCH3 is 1. The van der Waals surface area contributed by atoms with Gasteiger partial charge in [-0.1, -0.05) is 33.6 Å². The minimum atomic E-state index is 0.702. The standard InChI is InChI=1S/C16H34N2O/c1-5-9-15-13-18(10-7-8-11-19-4)16(12-17-15)14(3)6-2/h14-17H,5-13H2,1-4H3. The quantitative estimate of drug-likeness (QED) is 0.652. The van der Waals surface area contributed by atoms with Gasteiger partial charge in [0, 0.05) is 38.9 Å². The van der Waals surface area contributed by atoms with Crippen LogP contribution in [0.2, 0.25) is 0 Å². The zero-order chi connectivity index (χ0) is 14.1. The molecule has 3 unspecified atom stereocenters. The fraction of sp³-hybridized carbons (Fsp3) is 1.00. The summed E-state index contributed by atoms with van der Waals surface area (Å²) in [5.74, 6) is 0.789. The molecule has 0 aliphatic carbocycles. The number of ether oxygens (including phenoxy) is 1. The smallest absolute Gasteiger partial charge is 0.0462 e. The summed E-state index contributed by atoms with van der Waals surface area (Å²) < 4.78 is 5.16. The molecule has 3 heteroatoms. The fourth-order valence-corrected chi connectivity index (χ4v) is 3.09. The highest BCUT2D eigenvalue weighted by molar-refractivity contribution is 4.88. The fourth-order valence-electron chi connectivity index (χ4n) is 3.09. The Balaban J connectivity index is 2.45. The average molecular weight is 270 g/mol. The topological polar surface area (TPSA) is 24.5 Å². The third-order valence-corrected chi connectivity index (χ3v) is 4.52. The summed E-state index contributed by atoms with van der Waals surface area (Å²) in [6.45, 7) is 11.5. The lowest BCUT2D eigenvalue weighted by molar-refractivity contribution is 0.0839. The second-order valence-electron chi connectivity index (χ2n) is 6.04. The Hall–Kier alpha value is -0.120. The molecule has 0 radical (unpaired) electrons. The predicted octanol–water partition coefficient (Wildman–Crippen LogP) is 2.90. The van der Waals surface area contributed by atoms with E-state index in [4.69, 9.17) is 4.74 Å². The van der Waals surface area contributed by atoms with Gasteiger partial charge < -0.3 is 10.1 Å². The van der Waals surface area contributed by atoms with Crippen molar-refractivity contribution >= 4 is 0 Å². The summed E-state index contributed by atoms with van der Waals surface area (Å²) in [4.78, 5) is 2.74. The molecule has 0 aromatic carbocycles. The van der Waals surface area contributed by atoms with Gasteiger partial charge in [0.25, 0.3) is 0 Å². The highest BCUT2D eigenvalue weighted by atomic mass is 16.5. The maximum absolute atomic E-state index is 5.16. The number of hydrogen-bond acceptors (Lipinski definition) is 3. The normalized spacial score (nSPS) is 26.5. The van der Waals surface area contributed by atoms with Crippen molar-refractivity contribution in [2.75, 3.05) is 33.4 Å². The molecule has 1 saturated heterocycles. The minimum absolute atomic E-state index is 0.702. The van der Waals surface area contributed by atoms with E-state index >= 15 is 0 Å². The Labute approximate surface area is 120 Å². The maximum Gasteiger partial charge on any atom is 0.0462 e. The molecule has 1 rings (SSSR count). The Kier molecular flexibility index (Phi) is 8.67. The molecule has 0 spiro atoms. The van der Waals surface area contributed by atoms with Gasteiger partial charge in [0.1, 0.15) is 0 Å². The second kappa shape index (κ2) is 9.73. The monoisotopic (exact) mass is 270 g/mol. The average Bonchev–Trinajstić information content (AvgIpc) is 2.43. The lowest BCUT2D eigenvalue weighted by atomic mass is 9.93. The van der Waals surface area contributed by atoms with Gasteiger partial charge in [0.2, 0.25) is 0 Å². The minimum Gasteiger partial charge on any atom is -0.385 e. The van der Waals surface area contributed by atoms with E-state index in [2.05, 4.69) is 31.0 Å².